The quantitative estimate of drug-likeness (QED) is 0.422. The Balaban J connectivity index is 2.33. The predicted molar refractivity (Wildman–Crippen MR) is 39.6 cm³/mol. The molecule has 0 aliphatic carbocycles. The zero-order valence-electron chi connectivity index (χ0n) is 6.11. The minimum atomic E-state index is -1.22. The number of aliphatic hydroxyl groups excluding tert-OH is 1. The highest BCUT2D eigenvalue weighted by atomic mass is 19.1. The summed E-state index contributed by atoms with van der Waals surface area (Å²) in [6.45, 7) is 0.681. The lowest BCUT2D eigenvalue weighted by Crippen LogP contribution is -2.46. The number of nitrogens with zero attached hydrogens (tertiary/aromatic N) is 1. The van der Waals surface area contributed by atoms with Crippen molar-refractivity contribution in [2.45, 2.75) is 18.7 Å². The van der Waals surface area contributed by atoms with Gasteiger partial charge in [0.05, 0.1) is 12.3 Å². The van der Waals surface area contributed by atoms with Gasteiger partial charge in [-0.1, -0.05) is 0 Å². The van der Waals surface area contributed by atoms with Crippen molar-refractivity contribution in [1.29, 1.82) is 0 Å². The minimum absolute atomic E-state index is 0.125. The van der Waals surface area contributed by atoms with Crippen LogP contribution in [0, 0.1) is 0 Å². The number of rotatable bonds is 2. The van der Waals surface area contributed by atoms with Gasteiger partial charge in [-0.2, -0.15) is 0 Å². The monoisotopic (exact) mass is 158 g/mol. The Hall–Kier alpha value is -0.415. The highest BCUT2D eigenvalue weighted by Gasteiger charge is 2.26. The molecular formula is C6H10BFNO2. The summed E-state index contributed by atoms with van der Waals surface area (Å²) in [5.74, 6) is 0. The van der Waals surface area contributed by atoms with Gasteiger partial charge in [0.2, 0.25) is 0 Å². The van der Waals surface area contributed by atoms with E-state index in [-0.39, 0.29) is 6.54 Å². The first-order valence-electron chi connectivity index (χ1n) is 3.59. The summed E-state index contributed by atoms with van der Waals surface area (Å²) in [5.41, 5.74) is 0. The molecule has 11 heavy (non-hydrogen) atoms. The molecule has 1 aliphatic heterocycles. The van der Waals surface area contributed by atoms with Crippen LogP contribution in [0.4, 0.5) is 4.39 Å². The van der Waals surface area contributed by atoms with E-state index in [9.17, 15) is 9.18 Å². The Morgan fingerprint density at radius 3 is 3.00 bits per heavy atom. The SMILES string of the molecule is O=C[B]N1CC[C@@H](O)[C@@H](F)C1. The molecule has 1 radical (unpaired) electrons. The molecule has 1 fully saturated rings. The fourth-order valence-electron chi connectivity index (χ4n) is 1.14. The van der Waals surface area contributed by atoms with Crippen LogP contribution in [0.15, 0.2) is 0 Å². The van der Waals surface area contributed by atoms with Crippen molar-refractivity contribution in [2.24, 2.45) is 0 Å². The van der Waals surface area contributed by atoms with E-state index >= 15 is 0 Å². The number of carbonyl (C=O) groups is 1. The van der Waals surface area contributed by atoms with Gasteiger partial charge in [-0.15, -0.1) is 0 Å². The Kier molecular flexibility index (Phi) is 3.02. The molecule has 5 heteroatoms. The Labute approximate surface area is 65.4 Å². The van der Waals surface area contributed by atoms with E-state index in [2.05, 4.69) is 0 Å². The van der Waals surface area contributed by atoms with Crippen molar-refractivity contribution in [3.05, 3.63) is 0 Å². The van der Waals surface area contributed by atoms with E-state index in [4.69, 9.17) is 5.11 Å². The summed E-state index contributed by atoms with van der Waals surface area (Å²) in [5, 5.41) is 8.96. The van der Waals surface area contributed by atoms with Crippen LogP contribution in [-0.2, 0) is 4.79 Å². The zero-order valence-corrected chi connectivity index (χ0v) is 6.11. The van der Waals surface area contributed by atoms with Crippen molar-refractivity contribution >= 4 is 13.6 Å². The van der Waals surface area contributed by atoms with Gasteiger partial charge in [0.1, 0.15) is 6.17 Å². The number of aliphatic hydroxyl groups is 1. The summed E-state index contributed by atoms with van der Waals surface area (Å²) in [4.78, 5) is 11.6. The molecule has 1 N–H and O–H groups in total. The summed E-state index contributed by atoms with van der Waals surface area (Å²) in [6.07, 6.45) is -1.05. The molecule has 0 aromatic rings. The second-order valence-corrected chi connectivity index (χ2v) is 2.65. The molecule has 3 nitrogen and oxygen atoms in total. The Bertz CT molecular complexity index is 147. The van der Waals surface area contributed by atoms with Gasteiger partial charge in [-0.25, -0.2) is 4.39 Å². The van der Waals surface area contributed by atoms with E-state index in [0.29, 0.717) is 19.2 Å². The van der Waals surface area contributed by atoms with E-state index in [1.807, 2.05) is 0 Å². The fourth-order valence-corrected chi connectivity index (χ4v) is 1.14. The molecule has 0 spiro atoms. The van der Waals surface area contributed by atoms with E-state index in [0.717, 1.165) is 0 Å². The highest BCUT2D eigenvalue weighted by Crippen LogP contribution is 2.12. The third-order valence-corrected chi connectivity index (χ3v) is 1.81. The molecule has 0 aromatic carbocycles. The highest BCUT2D eigenvalue weighted by molar-refractivity contribution is 6.64. The van der Waals surface area contributed by atoms with Gasteiger partial charge in [-0.3, -0.25) is 0 Å². The first-order valence-corrected chi connectivity index (χ1v) is 3.59. The van der Waals surface area contributed by atoms with Crippen LogP contribution in [0.1, 0.15) is 6.42 Å². The minimum Gasteiger partial charge on any atom is -0.390 e. The number of hydrogen-bond donors (Lipinski definition) is 1. The molecule has 0 bridgehead atoms. The van der Waals surface area contributed by atoms with Crippen molar-refractivity contribution in [1.82, 2.24) is 4.81 Å². The summed E-state index contributed by atoms with van der Waals surface area (Å²) < 4.78 is 12.7. The van der Waals surface area contributed by atoms with Crippen LogP contribution < -0.4 is 0 Å². The van der Waals surface area contributed by atoms with Crippen LogP contribution in [0.5, 0.6) is 0 Å². The van der Waals surface area contributed by atoms with E-state index < -0.39 is 12.3 Å². The van der Waals surface area contributed by atoms with Gasteiger partial charge in [0.15, 0.2) is 0 Å². The normalized spacial score (nSPS) is 33.3. The Morgan fingerprint density at radius 2 is 2.45 bits per heavy atom. The van der Waals surface area contributed by atoms with Crippen molar-refractivity contribution in [3.8, 4) is 0 Å². The lowest BCUT2D eigenvalue weighted by molar-refractivity contribution is 0.0301. The molecule has 0 aromatic heterocycles. The zero-order chi connectivity index (χ0) is 8.27. The lowest BCUT2D eigenvalue weighted by atomic mass is 9.90. The maximum absolute atomic E-state index is 12.7. The standard InChI is InChI=1S/C6H10BFNO2/c8-5-3-9(7-4-10)2-1-6(5)11/h4-6,11H,1-3H2/t5-,6+/m0/s1. The van der Waals surface area contributed by atoms with Crippen LogP contribution >= 0.6 is 0 Å². The smallest absolute Gasteiger partial charge is 0.293 e. The van der Waals surface area contributed by atoms with Crippen molar-refractivity contribution in [2.75, 3.05) is 13.1 Å². The van der Waals surface area contributed by atoms with Gasteiger partial charge in [-0.05, 0) is 13.0 Å². The molecular weight excluding hydrogens is 148 g/mol. The lowest BCUT2D eigenvalue weighted by Gasteiger charge is -2.30. The first kappa shape index (κ1) is 8.68. The second-order valence-electron chi connectivity index (χ2n) is 2.65. The third-order valence-electron chi connectivity index (χ3n) is 1.81. The fraction of sp³-hybridized carbons (Fsp3) is 0.833. The average Bonchev–Trinajstić information content (AvgIpc) is 1.98. The molecule has 61 valence electrons. The van der Waals surface area contributed by atoms with Gasteiger partial charge in [0, 0.05) is 6.54 Å². The predicted octanol–water partition coefficient (Wildman–Crippen LogP) is -0.800. The number of carbonyl (C=O) groups excluding carboxylic acids is 1. The molecule has 1 aliphatic rings. The molecule has 0 amide bonds. The Morgan fingerprint density at radius 1 is 1.73 bits per heavy atom. The maximum Gasteiger partial charge on any atom is 0.293 e. The number of alkyl halides is 1. The molecule has 0 unspecified atom stereocenters. The van der Waals surface area contributed by atoms with Crippen molar-refractivity contribution in [3.63, 3.8) is 0 Å². The molecule has 1 rings (SSSR count). The van der Waals surface area contributed by atoms with E-state index in [1.54, 1.807) is 4.81 Å². The van der Waals surface area contributed by atoms with Crippen molar-refractivity contribution < 1.29 is 14.3 Å². The molecule has 1 heterocycles. The summed E-state index contributed by atoms with van der Waals surface area (Å²) in [7, 11) is 1.30. The second kappa shape index (κ2) is 3.83. The average molecular weight is 158 g/mol. The first-order chi connectivity index (χ1) is 5.24. The number of piperidine rings is 1. The summed E-state index contributed by atoms with van der Waals surface area (Å²) >= 11 is 0. The molecule has 0 saturated carbocycles. The molecule has 2 atom stereocenters. The van der Waals surface area contributed by atoms with Crippen LogP contribution in [0.25, 0.3) is 0 Å². The van der Waals surface area contributed by atoms with Gasteiger partial charge >= 0.3 is 0 Å². The maximum atomic E-state index is 12.7. The van der Waals surface area contributed by atoms with E-state index in [1.165, 1.54) is 7.41 Å². The molecule has 1 saturated heterocycles. The van der Waals surface area contributed by atoms with Crippen LogP contribution in [0.2, 0.25) is 0 Å². The third kappa shape index (κ3) is 2.27. The topological polar surface area (TPSA) is 40.5 Å². The largest absolute Gasteiger partial charge is 0.390 e. The van der Waals surface area contributed by atoms with Gasteiger partial charge < -0.3 is 14.7 Å². The van der Waals surface area contributed by atoms with Gasteiger partial charge in [0.25, 0.3) is 7.41 Å². The summed E-state index contributed by atoms with van der Waals surface area (Å²) in [6, 6.07) is 0. The van der Waals surface area contributed by atoms with Crippen LogP contribution in [0.3, 0.4) is 0 Å². The number of hydrogen-bond acceptors (Lipinski definition) is 3. The number of halogens is 1. The van der Waals surface area contributed by atoms with Crippen LogP contribution in [-0.4, -0.2) is 48.9 Å².